The van der Waals surface area contributed by atoms with E-state index in [1.165, 1.54) is 0 Å². The number of aryl methyl sites for hydroxylation is 1. The van der Waals surface area contributed by atoms with Gasteiger partial charge in [-0.2, -0.15) is 5.10 Å². The van der Waals surface area contributed by atoms with E-state index in [9.17, 15) is 0 Å². The molecule has 0 aromatic carbocycles. The minimum Gasteiger partial charge on any atom is -0.396 e. The van der Waals surface area contributed by atoms with Crippen LogP contribution < -0.4 is 0 Å². The third-order valence-corrected chi connectivity index (χ3v) is 1.13. The largest absolute Gasteiger partial charge is 0.396 e. The van der Waals surface area contributed by atoms with E-state index in [0.717, 1.165) is 5.56 Å². The van der Waals surface area contributed by atoms with Crippen LogP contribution in [0, 0.1) is 0 Å². The molecule has 0 saturated carbocycles. The predicted molar refractivity (Wildman–Crippen MR) is 42.4 cm³/mol. The molecular formula is C7H11N3O. The van der Waals surface area contributed by atoms with Gasteiger partial charge in [-0.3, -0.25) is 4.68 Å². The summed E-state index contributed by atoms with van der Waals surface area (Å²) in [5, 5.41) is 7.66. The van der Waals surface area contributed by atoms with Gasteiger partial charge < -0.3 is 4.84 Å². The molecule has 0 radical (unpaired) electrons. The fourth-order valence-corrected chi connectivity index (χ4v) is 0.679. The Bertz CT molecular complexity index is 242. The SMILES string of the molecule is CCO/N=C/c1cnn(C)c1. The Hall–Kier alpha value is -1.32. The Balaban J connectivity index is 2.50. The van der Waals surface area contributed by atoms with Crippen LogP contribution in [0.2, 0.25) is 0 Å². The molecule has 0 amide bonds. The molecule has 1 aromatic heterocycles. The van der Waals surface area contributed by atoms with Gasteiger partial charge in [-0.25, -0.2) is 0 Å². The van der Waals surface area contributed by atoms with E-state index >= 15 is 0 Å². The van der Waals surface area contributed by atoms with Crippen LogP contribution in [0.25, 0.3) is 0 Å². The van der Waals surface area contributed by atoms with Crippen molar-refractivity contribution in [2.45, 2.75) is 6.92 Å². The summed E-state index contributed by atoms with van der Waals surface area (Å²) in [5.74, 6) is 0. The van der Waals surface area contributed by atoms with Crippen LogP contribution in [0.1, 0.15) is 12.5 Å². The molecule has 4 nitrogen and oxygen atoms in total. The van der Waals surface area contributed by atoms with Crippen LogP contribution in [0.5, 0.6) is 0 Å². The highest BCUT2D eigenvalue weighted by molar-refractivity contribution is 5.78. The van der Waals surface area contributed by atoms with E-state index in [4.69, 9.17) is 4.84 Å². The third kappa shape index (κ3) is 2.41. The molecule has 4 heteroatoms. The molecule has 0 aliphatic carbocycles. The van der Waals surface area contributed by atoms with Gasteiger partial charge in [-0.05, 0) is 6.92 Å². The summed E-state index contributed by atoms with van der Waals surface area (Å²) in [5.41, 5.74) is 0.945. The molecule has 0 fully saturated rings. The van der Waals surface area contributed by atoms with Crippen molar-refractivity contribution in [3.8, 4) is 0 Å². The van der Waals surface area contributed by atoms with E-state index < -0.39 is 0 Å². The van der Waals surface area contributed by atoms with Crippen molar-refractivity contribution in [2.24, 2.45) is 12.2 Å². The van der Waals surface area contributed by atoms with Crippen molar-refractivity contribution in [1.29, 1.82) is 0 Å². The number of hydrogen-bond donors (Lipinski definition) is 0. The van der Waals surface area contributed by atoms with Crippen LogP contribution in [0.15, 0.2) is 17.5 Å². The highest BCUT2D eigenvalue weighted by Crippen LogP contribution is 1.90. The summed E-state index contributed by atoms with van der Waals surface area (Å²) < 4.78 is 1.72. The lowest BCUT2D eigenvalue weighted by Gasteiger charge is -1.87. The first-order chi connectivity index (χ1) is 5.33. The molecule has 0 spiro atoms. The first-order valence-corrected chi connectivity index (χ1v) is 3.47. The summed E-state index contributed by atoms with van der Waals surface area (Å²) in [6, 6.07) is 0. The smallest absolute Gasteiger partial charge is 0.114 e. The number of hydrogen-bond acceptors (Lipinski definition) is 3. The monoisotopic (exact) mass is 153 g/mol. The molecule has 0 aliphatic heterocycles. The van der Waals surface area contributed by atoms with Gasteiger partial charge in [0.2, 0.25) is 0 Å². The molecule has 0 aliphatic rings. The Morgan fingerprint density at radius 2 is 2.64 bits per heavy atom. The zero-order valence-corrected chi connectivity index (χ0v) is 6.69. The zero-order chi connectivity index (χ0) is 8.10. The van der Waals surface area contributed by atoms with Crippen LogP contribution in [0.3, 0.4) is 0 Å². The summed E-state index contributed by atoms with van der Waals surface area (Å²) in [4.78, 5) is 4.78. The van der Waals surface area contributed by atoms with Crippen molar-refractivity contribution < 1.29 is 4.84 Å². The second-order valence-corrected chi connectivity index (χ2v) is 2.10. The van der Waals surface area contributed by atoms with Crippen molar-refractivity contribution in [3.63, 3.8) is 0 Å². The molecule has 11 heavy (non-hydrogen) atoms. The maximum Gasteiger partial charge on any atom is 0.114 e. The number of rotatable bonds is 3. The topological polar surface area (TPSA) is 39.4 Å². The van der Waals surface area contributed by atoms with Gasteiger partial charge in [0.25, 0.3) is 0 Å². The molecule has 60 valence electrons. The van der Waals surface area contributed by atoms with E-state index in [1.807, 2.05) is 20.2 Å². The van der Waals surface area contributed by atoms with Gasteiger partial charge in [0.1, 0.15) is 6.61 Å². The summed E-state index contributed by atoms with van der Waals surface area (Å²) in [6.07, 6.45) is 5.22. The number of oxime groups is 1. The zero-order valence-electron chi connectivity index (χ0n) is 6.69. The van der Waals surface area contributed by atoms with Gasteiger partial charge in [0.15, 0.2) is 0 Å². The van der Waals surface area contributed by atoms with E-state index in [2.05, 4.69) is 10.3 Å². The number of nitrogens with zero attached hydrogens (tertiary/aromatic N) is 3. The second-order valence-electron chi connectivity index (χ2n) is 2.10. The fraction of sp³-hybridized carbons (Fsp3) is 0.429. The standard InChI is InChI=1S/C7H11N3O/c1-3-11-9-5-7-4-8-10(2)6-7/h4-6H,3H2,1-2H3/b9-5+. The van der Waals surface area contributed by atoms with Crippen LogP contribution in [0.4, 0.5) is 0 Å². The summed E-state index contributed by atoms with van der Waals surface area (Å²) in [6.45, 7) is 2.48. The van der Waals surface area contributed by atoms with Crippen molar-refractivity contribution in [3.05, 3.63) is 18.0 Å². The molecule has 0 atom stereocenters. The minimum absolute atomic E-state index is 0.594. The Morgan fingerprint density at radius 3 is 3.18 bits per heavy atom. The molecule has 0 bridgehead atoms. The second kappa shape index (κ2) is 3.75. The third-order valence-electron chi connectivity index (χ3n) is 1.13. The Morgan fingerprint density at radius 1 is 1.82 bits per heavy atom. The van der Waals surface area contributed by atoms with Gasteiger partial charge >= 0.3 is 0 Å². The van der Waals surface area contributed by atoms with Crippen LogP contribution in [-0.4, -0.2) is 22.6 Å². The van der Waals surface area contributed by atoms with Gasteiger partial charge in [-0.15, -0.1) is 0 Å². The minimum atomic E-state index is 0.594. The lowest BCUT2D eigenvalue weighted by atomic mass is 10.4. The van der Waals surface area contributed by atoms with Gasteiger partial charge in [0.05, 0.1) is 12.4 Å². The maximum atomic E-state index is 4.78. The first kappa shape index (κ1) is 7.78. The van der Waals surface area contributed by atoms with E-state index in [-0.39, 0.29) is 0 Å². The maximum absolute atomic E-state index is 4.78. The van der Waals surface area contributed by atoms with E-state index in [0.29, 0.717) is 6.61 Å². The average Bonchev–Trinajstić information content (AvgIpc) is 2.37. The lowest BCUT2D eigenvalue weighted by molar-refractivity contribution is 0.160. The van der Waals surface area contributed by atoms with E-state index in [1.54, 1.807) is 17.1 Å². The fourth-order valence-electron chi connectivity index (χ4n) is 0.679. The predicted octanol–water partition coefficient (Wildman–Crippen LogP) is 0.790. The molecular weight excluding hydrogens is 142 g/mol. The molecule has 0 N–H and O–H groups in total. The van der Waals surface area contributed by atoms with Crippen molar-refractivity contribution >= 4 is 6.21 Å². The van der Waals surface area contributed by atoms with Crippen LogP contribution >= 0.6 is 0 Å². The molecule has 1 heterocycles. The average molecular weight is 153 g/mol. The summed E-state index contributed by atoms with van der Waals surface area (Å²) in [7, 11) is 1.86. The molecule has 0 unspecified atom stereocenters. The quantitative estimate of drug-likeness (QED) is 0.475. The normalized spacial score (nSPS) is 10.7. The Kier molecular flexibility index (Phi) is 2.66. The van der Waals surface area contributed by atoms with Gasteiger partial charge in [-0.1, -0.05) is 5.16 Å². The first-order valence-electron chi connectivity index (χ1n) is 3.47. The number of aromatic nitrogens is 2. The summed E-state index contributed by atoms with van der Waals surface area (Å²) >= 11 is 0. The molecule has 1 aromatic rings. The Labute approximate surface area is 65.5 Å². The highest BCUT2D eigenvalue weighted by Gasteiger charge is 1.89. The molecule has 1 rings (SSSR count). The highest BCUT2D eigenvalue weighted by atomic mass is 16.6. The molecule has 0 saturated heterocycles. The van der Waals surface area contributed by atoms with Crippen LogP contribution in [-0.2, 0) is 11.9 Å². The van der Waals surface area contributed by atoms with Gasteiger partial charge in [0, 0.05) is 18.8 Å². The lowest BCUT2D eigenvalue weighted by Crippen LogP contribution is -1.85. The van der Waals surface area contributed by atoms with Crippen molar-refractivity contribution in [2.75, 3.05) is 6.61 Å². The van der Waals surface area contributed by atoms with Crippen molar-refractivity contribution in [1.82, 2.24) is 9.78 Å².